The van der Waals surface area contributed by atoms with E-state index in [4.69, 9.17) is 4.74 Å². The Kier molecular flexibility index (Phi) is 4.24. The van der Waals surface area contributed by atoms with Crippen molar-refractivity contribution in [1.82, 2.24) is 0 Å². The van der Waals surface area contributed by atoms with Gasteiger partial charge in [-0.15, -0.1) is 0 Å². The van der Waals surface area contributed by atoms with Crippen LogP contribution >= 0.6 is 0 Å². The molecule has 0 atom stereocenters. The Morgan fingerprint density at radius 1 is 1.08 bits per heavy atom. The summed E-state index contributed by atoms with van der Waals surface area (Å²) in [4.78, 5) is 23.4. The Morgan fingerprint density at radius 3 is 2.38 bits per heavy atom. The van der Waals surface area contributed by atoms with Crippen molar-refractivity contribution in [3.8, 4) is 0 Å². The number of methoxy groups -OCH3 is 1. The van der Waals surface area contributed by atoms with E-state index in [-0.39, 0.29) is 5.82 Å². The van der Waals surface area contributed by atoms with Gasteiger partial charge >= 0.3 is 11.9 Å². The molecule has 0 amide bonds. The first kappa shape index (κ1) is 15.7. The van der Waals surface area contributed by atoms with E-state index in [9.17, 15) is 14.0 Å². The van der Waals surface area contributed by atoms with Crippen molar-refractivity contribution >= 4 is 23.8 Å². The number of carbonyl (C=O) groups excluding carboxylic acids is 2. The summed E-state index contributed by atoms with van der Waals surface area (Å²) >= 11 is 0. The van der Waals surface area contributed by atoms with Gasteiger partial charge in [-0.1, -0.05) is 12.1 Å². The quantitative estimate of drug-likeness (QED) is 0.639. The number of hydrogen-bond donors (Lipinski definition) is 0. The second-order valence-corrected chi connectivity index (χ2v) is 5.12. The third kappa shape index (κ3) is 3.25. The second kappa shape index (κ2) is 6.50. The van der Waals surface area contributed by atoms with Crippen molar-refractivity contribution in [2.45, 2.75) is 0 Å². The Bertz CT molecular complexity index is 846. The number of carbonyl (C=O) groups is 2. The molecular weight excluding hydrogens is 311 g/mol. The first-order valence-corrected chi connectivity index (χ1v) is 7.17. The number of cyclic esters (lactones) is 1. The molecule has 1 heterocycles. The summed E-state index contributed by atoms with van der Waals surface area (Å²) in [7, 11) is 1.31. The van der Waals surface area contributed by atoms with E-state index < -0.39 is 11.9 Å². The van der Waals surface area contributed by atoms with Gasteiger partial charge in [-0.2, -0.15) is 0 Å². The molecule has 4 nitrogen and oxygen atoms in total. The number of rotatable bonds is 3. The lowest BCUT2D eigenvalue weighted by Crippen LogP contribution is -2.00. The summed E-state index contributed by atoms with van der Waals surface area (Å²) in [5, 5.41) is 0. The van der Waals surface area contributed by atoms with Gasteiger partial charge in [0.2, 0.25) is 0 Å². The van der Waals surface area contributed by atoms with E-state index in [0.717, 1.165) is 5.56 Å². The van der Waals surface area contributed by atoms with E-state index in [1.54, 1.807) is 48.6 Å². The monoisotopic (exact) mass is 324 g/mol. The topological polar surface area (TPSA) is 52.6 Å². The lowest BCUT2D eigenvalue weighted by Gasteiger charge is -2.01. The van der Waals surface area contributed by atoms with Crippen molar-refractivity contribution in [1.29, 1.82) is 0 Å². The van der Waals surface area contributed by atoms with Crippen LogP contribution in [0, 0.1) is 5.82 Å². The highest BCUT2D eigenvalue weighted by atomic mass is 19.1. The van der Waals surface area contributed by atoms with Crippen LogP contribution in [-0.2, 0) is 14.3 Å². The van der Waals surface area contributed by atoms with Crippen LogP contribution in [0.1, 0.15) is 21.5 Å². The zero-order valence-electron chi connectivity index (χ0n) is 12.8. The number of esters is 2. The predicted octanol–water partition coefficient (Wildman–Crippen LogP) is 3.59. The highest BCUT2D eigenvalue weighted by molar-refractivity contribution is 6.05. The zero-order chi connectivity index (χ0) is 17.1. The van der Waals surface area contributed by atoms with Crippen molar-refractivity contribution in [2.24, 2.45) is 0 Å². The molecule has 0 fully saturated rings. The van der Waals surface area contributed by atoms with Crippen LogP contribution in [-0.4, -0.2) is 19.0 Å². The molecule has 0 unspecified atom stereocenters. The largest absolute Gasteiger partial charge is 0.465 e. The SMILES string of the molecule is COC(=O)c1ccc(/C=C2\C=C(c3ccc(F)cc3)OC2=O)cc1. The van der Waals surface area contributed by atoms with Crippen molar-refractivity contribution in [3.63, 3.8) is 0 Å². The maximum Gasteiger partial charge on any atom is 0.343 e. The number of ether oxygens (including phenoxy) is 2. The third-order valence-corrected chi connectivity index (χ3v) is 3.51. The van der Waals surface area contributed by atoms with Crippen LogP contribution in [0.25, 0.3) is 11.8 Å². The Balaban J connectivity index is 1.85. The third-order valence-electron chi connectivity index (χ3n) is 3.51. The van der Waals surface area contributed by atoms with Gasteiger partial charge in [-0.25, -0.2) is 14.0 Å². The average Bonchev–Trinajstić information content (AvgIpc) is 2.96. The molecule has 1 aliphatic rings. The molecule has 0 radical (unpaired) electrons. The fourth-order valence-corrected chi connectivity index (χ4v) is 2.26. The van der Waals surface area contributed by atoms with Crippen LogP contribution in [0.15, 0.2) is 60.2 Å². The molecule has 0 spiro atoms. The van der Waals surface area contributed by atoms with Gasteiger partial charge in [0, 0.05) is 5.56 Å². The fraction of sp³-hybridized carbons (Fsp3) is 0.0526. The van der Waals surface area contributed by atoms with E-state index >= 15 is 0 Å². The van der Waals surface area contributed by atoms with Crippen molar-refractivity contribution in [3.05, 3.63) is 82.7 Å². The molecule has 0 N–H and O–H groups in total. The highest BCUT2D eigenvalue weighted by Gasteiger charge is 2.22. The van der Waals surface area contributed by atoms with Gasteiger partial charge in [0.05, 0.1) is 18.2 Å². The highest BCUT2D eigenvalue weighted by Crippen LogP contribution is 2.27. The molecule has 2 aromatic carbocycles. The number of hydrogen-bond acceptors (Lipinski definition) is 4. The van der Waals surface area contributed by atoms with Gasteiger partial charge in [0.15, 0.2) is 0 Å². The minimum Gasteiger partial charge on any atom is -0.465 e. The average molecular weight is 324 g/mol. The van der Waals surface area contributed by atoms with E-state index in [1.165, 1.54) is 19.2 Å². The second-order valence-electron chi connectivity index (χ2n) is 5.12. The molecule has 120 valence electrons. The molecule has 0 bridgehead atoms. The molecule has 0 saturated carbocycles. The molecule has 0 aromatic heterocycles. The van der Waals surface area contributed by atoms with Gasteiger partial charge in [-0.05, 0) is 54.1 Å². The fourth-order valence-electron chi connectivity index (χ4n) is 2.26. The summed E-state index contributed by atoms with van der Waals surface area (Å²) in [6.07, 6.45) is 3.25. The van der Waals surface area contributed by atoms with E-state index in [2.05, 4.69) is 4.74 Å². The smallest absolute Gasteiger partial charge is 0.343 e. The van der Waals surface area contributed by atoms with E-state index in [0.29, 0.717) is 22.5 Å². The zero-order valence-corrected chi connectivity index (χ0v) is 12.8. The van der Waals surface area contributed by atoms with E-state index in [1.807, 2.05) is 0 Å². The summed E-state index contributed by atoms with van der Waals surface area (Å²) in [6, 6.07) is 12.3. The van der Waals surface area contributed by atoms with Crippen molar-refractivity contribution < 1.29 is 23.5 Å². The summed E-state index contributed by atoms with van der Waals surface area (Å²) < 4.78 is 22.8. The number of benzene rings is 2. The normalized spacial score (nSPS) is 15.2. The van der Waals surface area contributed by atoms with Gasteiger partial charge in [0.1, 0.15) is 11.6 Å². The molecule has 0 aliphatic carbocycles. The molecule has 2 aromatic rings. The van der Waals surface area contributed by atoms with Gasteiger partial charge in [0.25, 0.3) is 0 Å². The maximum atomic E-state index is 13.0. The van der Waals surface area contributed by atoms with Gasteiger partial charge < -0.3 is 9.47 Å². The Labute approximate surface area is 137 Å². The Hall–Kier alpha value is -3.21. The van der Waals surface area contributed by atoms with Crippen LogP contribution in [0.4, 0.5) is 4.39 Å². The van der Waals surface area contributed by atoms with Crippen LogP contribution in [0.2, 0.25) is 0 Å². The molecule has 24 heavy (non-hydrogen) atoms. The van der Waals surface area contributed by atoms with Crippen LogP contribution in [0.3, 0.4) is 0 Å². The standard InChI is InChI=1S/C19H13FO4/c1-23-18(21)14-4-2-12(3-5-14)10-15-11-17(24-19(15)22)13-6-8-16(20)9-7-13/h2-11H,1H3/b15-10+. The summed E-state index contributed by atoms with van der Waals surface area (Å²) in [6.45, 7) is 0. The molecule has 5 heteroatoms. The molecule has 1 aliphatic heterocycles. The van der Waals surface area contributed by atoms with Crippen LogP contribution < -0.4 is 0 Å². The summed E-state index contributed by atoms with van der Waals surface area (Å²) in [5.74, 6) is -0.887. The number of halogens is 1. The lowest BCUT2D eigenvalue weighted by molar-refractivity contribution is -0.130. The summed E-state index contributed by atoms with van der Waals surface area (Å²) in [5.41, 5.74) is 2.16. The Morgan fingerprint density at radius 2 is 1.75 bits per heavy atom. The van der Waals surface area contributed by atoms with Crippen molar-refractivity contribution in [2.75, 3.05) is 7.11 Å². The van der Waals surface area contributed by atoms with Gasteiger partial charge in [-0.3, -0.25) is 0 Å². The lowest BCUT2D eigenvalue weighted by atomic mass is 10.1. The first-order chi connectivity index (χ1) is 11.6. The maximum absolute atomic E-state index is 13.0. The molecule has 3 rings (SSSR count). The molecular formula is C19H13FO4. The van der Waals surface area contributed by atoms with Crippen LogP contribution in [0.5, 0.6) is 0 Å². The minimum absolute atomic E-state index is 0.356. The minimum atomic E-state index is -0.480. The predicted molar refractivity (Wildman–Crippen MR) is 86.2 cm³/mol. The molecule has 0 saturated heterocycles. The first-order valence-electron chi connectivity index (χ1n) is 7.17.